The molecule has 7 heteroatoms. The number of halogens is 1. The molecule has 0 bridgehead atoms. The molecule has 1 unspecified atom stereocenters. The van der Waals surface area contributed by atoms with E-state index >= 15 is 0 Å². The van der Waals surface area contributed by atoms with Crippen LogP contribution >= 0.6 is 11.6 Å². The zero-order valence-electron chi connectivity index (χ0n) is 11.3. The molecule has 110 valence electrons. The van der Waals surface area contributed by atoms with Crippen LogP contribution in [0.5, 0.6) is 5.75 Å². The Kier molecular flexibility index (Phi) is 6.11. The number of nitrogens with one attached hydrogen (secondary N) is 2. The molecule has 0 heterocycles. The minimum atomic E-state index is -1.07. The minimum Gasteiger partial charge on any atom is -0.495 e. The first-order chi connectivity index (χ1) is 9.47. The van der Waals surface area contributed by atoms with Gasteiger partial charge in [-0.25, -0.2) is 9.59 Å². The maximum atomic E-state index is 11.8. The molecular formula is C13H17ClN2O4. The minimum absolute atomic E-state index is 0.357. The van der Waals surface area contributed by atoms with Crippen LogP contribution in [-0.4, -0.2) is 30.3 Å². The van der Waals surface area contributed by atoms with E-state index in [4.69, 9.17) is 21.4 Å². The van der Waals surface area contributed by atoms with Crippen LogP contribution in [0.15, 0.2) is 18.2 Å². The molecule has 20 heavy (non-hydrogen) atoms. The number of aliphatic carboxylic acids is 1. The van der Waals surface area contributed by atoms with Gasteiger partial charge in [-0.05, 0) is 24.6 Å². The molecule has 0 saturated heterocycles. The monoisotopic (exact) mass is 300 g/mol. The van der Waals surface area contributed by atoms with E-state index in [1.54, 1.807) is 12.1 Å². The average Bonchev–Trinajstić information content (AvgIpc) is 2.38. The first kappa shape index (κ1) is 16.1. The van der Waals surface area contributed by atoms with E-state index in [0.29, 0.717) is 29.3 Å². The fourth-order valence-corrected chi connectivity index (χ4v) is 1.81. The van der Waals surface area contributed by atoms with E-state index in [1.807, 2.05) is 6.92 Å². The number of carbonyl (C=O) groups is 2. The van der Waals surface area contributed by atoms with Crippen molar-refractivity contribution in [2.45, 2.75) is 25.8 Å². The fourth-order valence-electron chi connectivity index (χ4n) is 1.64. The predicted octanol–water partition coefficient (Wildman–Crippen LogP) is 2.72. The molecule has 0 saturated carbocycles. The third-order valence-electron chi connectivity index (χ3n) is 2.59. The summed E-state index contributed by atoms with van der Waals surface area (Å²) in [6.45, 7) is 1.84. The van der Waals surface area contributed by atoms with Crippen molar-refractivity contribution >= 4 is 29.3 Å². The van der Waals surface area contributed by atoms with E-state index in [9.17, 15) is 9.59 Å². The Balaban J connectivity index is 2.75. The summed E-state index contributed by atoms with van der Waals surface area (Å²) in [6, 6.07) is 3.21. The third-order valence-corrected chi connectivity index (χ3v) is 2.83. The van der Waals surface area contributed by atoms with E-state index < -0.39 is 18.0 Å². The molecule has 0 radical (unpaired) electrons. The van der Waals surface area contributed by atoms with Gasteiger partial charge in [0.25, 0.3) is 0 Å². The van der Waals surface area contributed by atoms with Crippen molar-refractivity contribution in [3.05, 3.63) is 23.2 Å². The zero-order chi connectivity index (χ0) is 15.1. The topological polar surface area (TPSA) is 87.7 Å². The van der Waals surface area contributed by atoms with Crippen molar-refractivity contribution in [3.8, 4) is 5.75 Å². The molecule has 0 aromatic heterocycles. The van der Waals surface area contributed by atoms with Gasteiger partial charge in [-0.2, -0.15) is 0 Å². The molecule has 0 aliphatic heterocycles. The Morgan fingerprint density at radius 2 is 2.15 bits per heavy atom. The van der Waals surface area contributed by atoms with Gasteiger partial charge in [0.15, 0.2) is 0 Å². The van der Waals surface area contributed by atoms with E-state index in [2.05, 4.69) is 10.6 Å². The molecule has 3 N–H and O–H groups in total. The SMILES string of the molecule is CCCC(NC(=O)Nc1cc(Cl)ccc1OC)C(=O)O. The second-order valence-corrected chi connectivity index (χ2v) is 4.56. The van der Waals surface area contributed by atoms with Gasteiger partial charge >= 0.3 is 12.0 Å². The summed E-state index contributed by atoms with van der Waals surface area (Å²) >= 11 is 5.84. The van der Waals surface area contributed by atoms with Crippen molar-refractivity contribution in [1.82, 2.24) is 5.32 Å². The largest absolute Gasteiger partial charge is 0.495 e. The summed E-state index contributed by atoms with van der Waals surface area (Å²) in [5, 5.41) is 14.3. The highest BCUT2D eigenvalue weighted by molar-refractivity contribution is 6.31. The van der Waals surface area contributed by atoms with Gasteiger partial charge in [0, 0.05) is 5.02 Å². The van der Waals surface area contributed by atoms with Crippen LogP contribution in [0.25, 0.3) is 0 Å². The van der Waals surface area contributed by atoms with Gasteiger partial charge in [0.1, 0.15) is 11.8 Å². The van der Waals surface area contributed by atoms with Crippen molar-refractivity contribution in [2.75, 3.05) is 12.4 Å². The molecule has 0 aliphatic rings. The summed E-state index contributed by atoms with van der Waals surface area (Å²) in [5.41, 5.74) is 0.373. The van der Waals surface area contributed by atoms with Crippen LogP contribution < -0.4 is 15.4 Å². The van der Waals surface area contributed by atoms with E-state index in [0.717, 1.165) is 0 Å². The summed E-state index contributed by atoms with van der Waals surface area (Å²) in [5.74, 6) is -0.632. The standard InChI is InChI=1S/C13H17ClN2O4/c1-3-4-9(12(17)18)15-13(19)16-10-7-8(14)5-6-11(10)20-2/h5-7,9H,3-4H2,1-2H3,(H,17,18)(H2,15,16,19). The van der Waals surface area contributed by atoms with Gasteiger partial charge in [0.05, 0.1) is 12.8 Å². The molecule has 0 fully saturated rings. The van der Waals surface area contributed by atoms with Crippen molar-refractivity contribution < 1.29 is 19.4 Å². The molecule has 1 atom stereocenters. The number of hydrogen-bond donors (Lipinski definition) is 3. The number of anilines is 1. The molecule has 6 nitrogen and oxygen atoms in total. The first-order valence-corrected chi connectivity index (χ1v) is 6.49. The van der Waals surface area contributed by atoms with Crippen molar-refractivity contribution in [3.63, 3.8) is 0 Å². The lowest BCUT2D eigenvalue weighted by Gasteiger charge is -2.15. The predicted molar refractivity (Wildman–Crippen MR) is 76.5 cm³/mol. The molecule has 1 rings (SSSR count). The summed E-state index contributed by atoms with van der Waals surface area (Å²) in [6.07, 6.45) is 1.01. The summed E-state index contributed by atoms with van der Waals surface area (Å²) in [7, 11) is 1.46. The summed E-state index contributed by atoms with van der Waals surface area (Å²) in [4.78, 5) is 22.8. The smallest absolute Gasteiger partial charge is 0.326 e. The Morgan fingerprint density at radius 1 is 1.45 bits per heavy atom. The van der Waals surface area contributed by atoms with Gasteiger partial charge in [0.2, 0.25) is 0 Å². The zero-order valence-corrected chi connectivity index (χ0v) is 12.0. The Hall–Kier alpha value is -1.95. The molecule has 1 aromatic rings. The Bertz CT molecular complexity index is 493. The van der Waals surface area contributed by atoms with Crippen LogP contribution in [-0.2, 0) is 4.79 Å². The second-order valence-electron chi connectivity index (χ2n) is 4.12. The molecule has 0 spiro atoms. The number of carboxylic acid groups (broad SMARTS) is 1. The van der Waals surface area contributed by atoms with E-state index in [1.165, 1.54) is 13.2 Å². The second kappa shape index (κ2) is 7.59. The number of hydrogen-bond acceptors (Lipinski definition) is 3. The Morgan fingerprint density at radius 3 is 2.70 bits per heavy atom. The number of urea groups is 1. The highest BCUT2D eigenvalue weighted by atomic mass is 35.5. The number of amides is 2. The number of rotatable bonds is 6. The highest BCUT2D eigenvalue weighted by Gasteiger charge is 2.19. The van der Waals surface area contributed by atoms with Crippen LogP contribution in [0.2, 0.25) is 5.02 Å². The molecule has 0 aliphatic carbocycles. The van der Waals surface area contributed by atoms with Crippen molar-refractivity contribution in [2.24, 2.45) is 0 Å². The summed E-state index contributed by atoms with van der Waals surface area (Å²) < 4.78 is 5.08. The van der Waals surface area contributed by atoms with Gasteiger partial charge < -0.3 is 20.5 Å². The number of benzene rings is 1. The van der Waals surface area contributed by atoms with Gasteiger partial charge in [-0.15, -0.1) is 0 Å². The third kappa shape index (κ3) is 4.62. The van der Waals surface area contributed by atoms with Crippen LogP contribution in [0.4, 0.5) is 10.5 Å². The molecular weight excluding hydrogens is 284 g/mol. The lowest BCUT2D eigenvalue weighted by molar-refractivity contribution is -0.139. The number of methoxy groups -OCH3 is 1. The lowest BCUT2D eigenvalue weighted by Crippen LogP contribution is -2.42. The molecule has 2 amide bonds. The quantitative estimate of drug-likeness (QED) is 0.754. The lowest BCUT2D eigenvalue weighted by atomic mass is 10.2. The van der Waals surface area contributed by atoms with Crippen LogP contribution in [0.1, 0.15) is 19.8 Å². The molecule has 1 aromatic carbocycles. The van der Waals surface area contributed by atoms with Gasteiger partial charge in [-0.1, -0.05) is 24.9 Å². The normalized spacial score (nSPS) is 11.6. The highest BCUT2D eigenvalue weighted by Crippen LogP contribution is 2.27. The number of ether oxygens (including phenoxy) is 1. The van der Waals surface area contributed by atoms with Gasteiger partial charge in [-0.3, -0.25) is 0 Å². The fraction of sp³-hybridized carbons (Fsp3) is 0.385. The average molecular weight is 301 g/mol. The number of carboxylic acids is 1. The van der Waals surface area contributed by atoms with Crippen molar-refractivity contribution in [1.29, 1.82) is 0 Å². The van der Waals surface area contributed by atoms with Crippen LogP contribution in [0.3, 0.4) is 0 Å². The maximum Gasteiger partial charge on any atom is 0.326 e. The Labute approximate surface area is 122 Å². The van der Waals surface area contributed by atoms with Crippen LogP contribution in [0, 0.1) is 0 Å². The number of carbonyl (C=O) groups excluding carboxylic acids is 1. The van der Waals surface area contributed by atoms with E-state index in [-0.39, 0.29) is 0 Å². The maximum absolute atomic E-state index is 11.8. The first-order valence-electron chi connectivity index (χ1n) is 6.11.